The second-order valence-electron chi connectivity index (χ2n) is 6.53. The lowest BCUT2D eigenvalue weighted by molar-refractivity contribution is 0.266. The zero-order valence-corrected chi connectivity index (χ0v) is 14.9. The van der Waals surface area contributed by atoms with Crippen LogP contribution < -0.4 is 0 Å². The summed E-state index contributed by atoms with van der Waals surface area (Å²) in [5.41, 5.74) is 3.13. The molecule has 3 aromatic rings. The number of nitrogens with zero attached hydrogens (tertiary/aromatic N) is 4. The minimum atomic E-state index is 0.280. The van der Waals surface area contributed by atoms with Crippen molar-refractivity contribution in [1.29, 1.82) is 5.26 Å². The highest BCUT2D eigenvalue weighted by Gasteiger charge is 2.22. The van der Waals surface area contributed by atoms with Gasteiger partial charge in [0.05, 0.1) is 18.3 Å². The molecule has 25 heavy (non-hydrogen) atoms. The highest BCUT2D eigenvalue weighted by Crippen LogP contribution is 2.32. The minimum Gasteiger partial charge on any atom is -0.346 e. The fraction of sp³-hybridized carbons (Fsp3) is 0.450. The first-order valence-electron chi connectivity index (χ1n) is 9.12. The Balaban J connectivity index is 1.94. The number of aromatic amines is 1. The lowest BCUT2D eigenvalue weighted by Gasteiger charge is -2.25. The van der Waals surface area contributed by atoms with E-state index in [1.165, 1.54) is 6.42 Å². The van der Waals surface area contributed by atoms with Gasteiger partial charge in [0.2, 0.25) is 0 Å². The number of aromatic nitrogens is 4. The summed E-state index contributed by atoms with van der Waals surface area (Å²) in [5, 5.41) is 14.8. The molecule has 2 atom stereocenters. The quantitative estimate of drug-likeness (QED) is 0.622. The van der Waals surface area contributed by atoms with E-state index in [0.717, 1.165) is 41.4 Å². The van der Waals surface area contributed by atoms with Gasteiger partial charge in [0, 0.05) is 36.0 Å². The summed E-state index contributed by atoms with van der Waals surface area (Å²) in [6.07, 6.45) is 12.6. The third-order valence-corrected chi connectivity index (χ3v) is 4.99. The van der Waals surface area contributed by atoms with Gasteiger partial charge in [-0.25, -0.2) is 4.98 Å². The van der Waals surface area contributed by atoms with Crippen molar-refractivity contribution < 1.29 is 0 Å². The molecule has 3 aromatic heterocycles. The molecule has 0 fully saturated rings. The molecule has 0 aliphatic carbocycles. The van der Waals surface area contributed by atoms with Gasteiger partial charge >= 0.3 is 0 Å². The maximum absolute atomic E-state index is 9.03. The van der Waals surface area contributed by atoms with E-state index in [1.807, 2.05) is 30.7 Å². The van der Waals surface area contributed by atoms with Gasteiger partial charge in [-0.05, 0) is 36.5 Å². The highest BCUT2D eigenvalue weighted by molar-refractivity contribution is 5.92. The summed E-state index contributed by atoms with van der Waals surface area (Å²) < 4.78 is 2.08. The Labute approximate surface area is 148 Å². The second kappa shape index (κ2) is 7.98. The van der Waals surface area contributed by atoms with E-state index in [2.05, 4.69) is 45.9 Å². The molecule has 0 spiro atoms. The fourth-order valence-electron chi connectivity index (χ4n) is 3.71. The molecule has 0 aliphatic heterocycles. The molecule has 0 saturated heterocycles. The average molecular weight is 335 g/mol. The van der Waals surface area contributed by atoms with Crippen molar-refractivity contribution in [3.63, 3.8) is 0 Å². The first-order chi connectivity index (χ1) is 12.3. The molecule has 0 amide bonds. The Hall–Kier alpha value is -2.61. The Bertz CT molecular complexity index is 854. The van der Waals surface area contributed by atoms with Crippen molar-refractivity contribution in [2.24, 2.45) is 5.92 Å². The Morgan fingerprint density at radius 1 is 1.28 bits per heavy atom. The van der Waals surface area contributed by atoms with Crippen LogP contribution in [0.4, 0.5) is 0 Å². The predicted molar refractivity (Wildman–Crippen MR) is 99.9 cm³/mol. The van der Waals surface area contributed by atoms with E-state index < -0.39 is 0 Å². The molecule has 0 aliphatic rings. The number of H-pyrrole nitrogens is 1. The van der Waals surface area contributed by atoms with Crippen LogP contribution in [0.1, 0.15) is 52.0 Å². The summed E-state index contributed by atoms with van der Waals surface area (Å²) in [5.74, 6) is 0.552. The molecule has 130 valence electrons. The molecule has 0 aromatic carbocycles. The van der Waals surface area contributed by atoms with Crippen LogP contribution in [-0.4, -0.2) is 19.7 Å². The van der Waals surface area contributed by atoms with Crippen LogP contribution in [-0.2, 0) is 0 Å². The third kappa shape index (κ3) is 3.58. The minimum absolute atomic E-state index is 0.280. The number of rotatable bonds is 8. The molecule has 0 bridgehead atoms. The fourth-order valence-corrected chi connectivity index (χ4v) is 3.71. The van der Waals surface area contributed by atoms with Crippen molar-refractivity contribution in [1.82, 2.24) is 19.7 Å². The van der Waals surface area contributed by atoms with Gasteiger partial charge in [-0.15, -0.1) is 0 Å². The van der Waals surface area contributed by atoms with Crippen LogP contribution in [0, 0.1) is 17.2 Å². The van der Waals surface area contributed by atoms with Gasteiger partial charge in [0.15, 0.2) is 0 Å². The summed E-state index contributed by atoms with van der Waals surface area (Å²) in [4.78, 5) is 7.51. The van der Waals surface area contributed by atoms with Crippen LogP contribution >= 0.6 is 0 Å². The van der Waals surface area contributed by atoms with Crippen LogP contribution in [0.5, 0.6) is 0 Å². The molecule has 5 nitrogen and oxygen atoms in total. The molecule has 1 N–H and O–H groups in total. The third-order valence-electron chi connectivity index (χ3n) is 4.99. The van der Waals surface area contributed by atoms with E-state index >= 15 is 0 Å². The lowest BCUT2D eigenvalue weighted by Crippen LogP contribution is -2.19. The van der Waals surface area contributed by atoms with Gasteiger partial charge in [-0.2, -0.15) is 10.4 Å². The van der Waals surface area contributed by atoms with Gasteiger partial charge in [0.25, 0.3) is 0 Å². The second-order valence-corrected chi connectivity index (χ2v) is 6.53. The summed E-state index contributed by atoms with van der Waals surface area (Å²) in [6, 6.07) is 6.66. The Kier molecular flexibility index (Phi) is 5.49. The van der Waals surface area contributed by atoms with Crippen molar-refractivity contribution in [2.75, 3.05) is 0 Å². The standard InChI is InChI=1S/C20H25N5/c1-3-6-15(4-2)19(7-5-10-21)25-14-16(13-24-25)17-8-11-22-20-18(17)9-12-23-20/h8-9,11-15,19H,3-7H2,1-2H3,(H,22,23). The van der Waals surface area contributed by atoms with E-state index in [9.17, 15) is 0 Å². The van der Waals surface area contributed by atoms with Crippen molar-refractivity contribution in [3.05, 3.63) is 36.9 Å². The number of hydrogen-bond acceptors (Lipinski definition) is 3. The van der Waals surface area contributed by atoms with Crippen LogP contribution in [0.25, 0.3) is 22.2 Å². The SMILES string of the molecule is CCCC(CC)C(CCC#N)n1cc(-c2ccnc3[nH]ccc23)cn1. The van der Waals surface area contributed by atoms with Crippen LogP contribution in [0.2, 0.25) is 0 Å². The summed E-state index contributed by atoms with van der Waals surface area (Å²) >= 11 is 0. The van der Waals surface area contributed by atoms with Gasteiger partial charge in [0.1, 0.15) is 5.65 Å². The van der Waals surface area contributed by atoms with Gasteiger partial charge in [-0.1, -0.05) is 26.7 Å². The monoisotopic (exact) mass is 335 g/mol. The molecular formula is C20H25N5. The largest absolute Gasteiger partial charge is 0.346 e. The number of hydrogen-bond donors (Lipinski definition) is 1. The predicted octanol–water partition coefficient (Wildman–Crippen LogP) is 5.10. The average Bonchev–Trinajstić information content (AvgIpc) is 3.30. The van der Waals surface area contributed by atoms with Gasteiger partial charge < -0.3 is 4.98 Å². The van der Waals surface area contributed by atoms with E-state index in [-0.39, 0.29) is 6.04 Å². The van der Waals surface area contributed by atoms with Crippen LogP contribution in [0.3, 0.4) is 0 Å². The molecule has 0 saturated carbocycles. The number of fused-ring (bicyclic) bond motifs is 1. The summed E-state index contributed by atoms with van der Waals surface area (Å²) in [7, 11) is 0. The maximum Gasteiger partial charge on any atom is 0.137 e. The number of pyridine rings is 1. The first-order valence-corrected chi connectivity index (χ1v) is 9.12. The van der Waals surface area contributed by atoms with Crippen LogP contribution in [0.15, 0.2) is 36.9 Å². The zero-order valence-electron chi connectivity index (χ0n) is 14.9. The van der Waals surface area contributed by atoms with Crippen molar-refractivity contribution in [2.45, 2.75) is 52.0 Å². The molecule has 2 unspecified atom stereocenters. The van der Waals surface area contributed by atoms with Crippen molar-refractivity contribution in [3.8, 4) is 17.2 Å². The molecule has 5 heteroatoms. The number of nitriles is 1. The Morgan fingerprint density at radius 3 is 2.92 bits per heavy atom. The smallest absolute Gasteiger partial charge is 0.137 e. The zero-order chi connectivity index (χ0) is 17.6. The van der Waals surface area contributed by atoms with E-state index in [0.29, 0.717) is 12.3 Å². The lowest BCUT2D eigenvalue weighted by atomic mass is 9.89. The maximum atomic E-state index is 9.03. The topological polar surface area (TPSA) is 70.3 Å². The molecule has 0 radical (unpaired) electrons. The summed E-state index contributed by atoms with van der Waals surface area (Å²) in [6.45, 7) is 4.45. The van der Waals surface area contributed by atoms with Gasteiger partial charge in [-0.3, -0.25) is 4.68 Å². The van der Waals surface area contributed by atoms with E-state index in [4.69, 9.17) is 5.26 Å². The van der Waals surface area contributed by atoms with Crippen molar-refractivity contribution >= 4 is 11.0 Å². The number of nitrogens with one attached hydrogen (secondary N) is 1. The molecule has 3 rings (SSSR count). The Morgan fingerprint density at radius 2 is 2.16 bits per heavy atom. The van der Waals surface area contributed by atoms with E-state index in [1.54, 1.807) is 0 Å². The molecular weight excluding hydrogens is 310 g/mol. The molecule has 3 heterocycles. The first kappa shape index (κ1) is 17.2. The highest BCUT2D eigenvalue weighted by atomic mass is 15.3. The normalized spacial score (nSPS) is 13.6.